The molecule has 1 N–H and O–H groups in total. The van der Waals surface area contributed by atoms with Gasteiger partial charge >= 0.3 is 6.09 Å². The molecule has 1 aromatic carbocycles. The van der Waals surface area contributed by atoms with E-state index in [9.17, 15) is 9.59 Å². The van der Waals surface area contributed by atoms with Gasteiger partial charge in [-0.2, -0.15) is 0 Å². The highest BCUT2D eigenvalue weighted by Crippen LogP contribution is 2.16. The van der Waals surface area contributed by atoms with Crippen molar-refractivity contribution in [3.8, 4) is 11.2 Å². The van der Waals surface area contributed by atoms with Crippen molar-refractivity contribution in [2.75, 3.05) is 7.11 Å². The van der Waals surface area contributed by atoms with E-state index in [0.717, 1.165) is 12.0 Å². The lowest BCUT2D eigenvalue weighted by Gasteiger charge is -2.22. The van der Waals surface area contributed by atoms with Crippen LogP contribution in [0.25, 0.3) is 0 Å². The number of hydrogen-bond donors (Lipinski definition) is 1. The molecule has 0 radical (unpaired) electrons. The number of halogens is 1. The predicted molar refractivity (Wildman–Crippen MR) is 125 cm³/mol. The summed E-state index contributed by atoms with van der Waals surface area (Å²) in [4.78, 5) is 21.1. The minimum absolute atomic E-state index is 0.106. The lowest BCUT2D eigenvalue weighted by molar-refractivity contribution is -0.109. The van der Waals surface area contributed by atoms with E-state index < -0.39 is 17.7 Å². The minimum atomic E-state index is -0.568. The Morgan fingerprint density at radius 1 is 1.25 bits per heavy atom. The summed E-state index contributed by atoms with van der Waals surface area (Å²) < 4.78 is 10.3. The zero-order chi connectivity index (χ0) is 21.8. The molecular formula is C21H30INO4S. The summed E-state index contributed by atoms with van der Waals surface area (Å²) in [5, 5.41) is 5.33. The Hall–Kier alpha value is -1.24. The molecule has 28 heavy (non-hydrogen) atoms. The van der Waals surface area contributed by atoms with Crippen molar-refractivity contribution in [3.05, 3.63) is 35.4 Å². The minimum Gasteiger partial charge on any atom is -0.444 e. The maximum Gasteiger partial charge on any atom is 0.408 e. The molecule has 0 heterocycles. The van der Waals surface area contributed by atoms with Crippen LogP contribution in [0.5, 0.6) is 0 Å². The highest BCUT2D eigenvalue weighted by Gasteiger charge is 2.17. The van der Waals surface area contributed by atoms with Crippen molar-refractivity contribution >= 4 is 42.5 Å². The van der Waals surface area contributed by atoms with Gasteiger partial charge < -0.3 is 19.6 Å². The molecule has 1 unspecified atom stereocenters. The summed E-state index contributed by atoms with van der Waals surface area (Å²) in [6.07, 6.45) is 0.990. The second-order valence-corrected chi connectivity index (χ2v) is 9.39. The van der Waals surface area contributed by atoms with E-state index in [2.05, 4.69) is 75.8 Å². The molecule has 0 saturated heterocycles. The van der Waals surface area contributed by atoms with E-state index in [4.69, 9.17) is 9.47 Å². The monoisotopic (exact) mass is 519 g/mol. The van der Waals surface area contributed by atoms with Crippen LogP contribution in [0.2, 0.25) is 0 Å². The van der Waals surface area contributed by atoms with Gasteiger partial charge in [-0.1, -0.05) is 18.1 Å². The summed E-state index contributed by atoms with van der Waals surface area (Å²) in [5.41, 5.74) is 1.71. The van der Waals surface area contributed by atoms with Crippen LogP contribution < -0.4 is 5.32 Å². The van der Waals surface area contributed by atoms with Crippen molar-refractivity contribution in [1.82, 2.24) is 5.32 Å². The number of methoxy groups -OCH3 is 1. The smallest absolute Gasteiger partial charge is 0.408 e. The zero-order valence-electron chi connectivity index (χ0n) is 17.6. The third-order valence-corrected chi connectivity index (χ3v) is 4.16. The number of nitrogens with one attached hydrogen (secondary N) is 1. The Kier molecular flexibility index (Phi) is 12.5. The fraction of sp³-hybridized carbons (Fsp3) is 0.524. The van der Waals surface area contributed by atoms with Crippen molar-refractivity contribution < 1.29 is 19.1 Å². The van der Waals surface area contributed by atoms with E-state index in [1.165, 1.54) is 14.5 Å². The summed E-state index contributed by atoms with van der Waals surface area (Å²) in [6, 6.07) is 7.84. The van der Waals surface area contributed by atoms with Crippen molar-refractivity contribution in [1.29, 1.82) is 0 Å². The Bertz CT molecular complexity index is 672. The fourth-order valence-corrected chi connectivity index (χ4v) is 2.36. The van der Waals surface area contributed by atoms with Crippen molar-refractivity contribution in [2.45, 2.75) is 65.2 Å². The Morgan fingerprint density at radius 3 is 2.25 bits per heavy atom. The Labute approximate surface area is 185 Å². The maximum absolute atomic E-state index is 10.9. The fourth-order valence-electron chi connectivity index (χ4n) is 1.88. The van der Waals surface area contributed by atoms with Crippen LogP contribution in [0.3, 0.4) is 0 Å². The molecule has 0 fully saturated rings. The highest BCUT2D eigenvalue weighted by atomic mass is 127. The highest BCUT2D eigenvalue weighted by molar-refractivity contribution is 14.2. The topological polar surface area (TPSA) is 64.6 Å². The third-order valence-electron chi connectivity index (χ3n) is 3.32. The van der Waals surface area contributed by atoms with Gasteiger partial charge in [-0.05, 0) is 73.4 Å². The zero-order valence-corrected chi connectivity index (χ0v) is 20.6. The number of aldehydes is 1. The maximum atomic E-state index is 10.9. The molecule has 5 nitrogen and oxygen atoms in total. The molecule has 0 aliphatic rings. The van der Waals surface area contributed by atoms with Crippen LogP contribution >= 0.6 is 30.1 Å². The molecular weight excluding hydrogens is 489 g/mol. The molecule has 1 atom stereocenters. The van der Waals surface area contributed by atoms with Gasteiger partial charge in [-0.25, -0.2) is 4.79 Å². The van der Waals surface area contributed by atoms with Gasteiger partial charge in [0.1, 0.15) is 11.9 Å². The lowest BCUT2D eigenvalue weighted by atomic mass is 9.98. The van der Waals surface area contributed by atoms with Crippen LogP contribution in [0, 0.1) is 11.2 Å². The Morgan fingerprint density at radius 2 is 1.82 bits per heavy atom. The van der Waals surface area contributed by atoms with E-state index in [0.29, 0.717) is 6.29 Å². The first-order valence-corrected chi connectivity index (χ1v) is 12.2. The van der Waals surface area contributed by atoms with Crippen LogP contribution in [0.15, 0.2) is 24.3 Å². The standard InChI is InChI=1S/C13H15IOS.C8H15NO3/c1-13(2,15-3)10-12-6-4-11(5-7-12)8-9-16-14;1-6(5-10)9-7(11)12-8(2,3)4/h4-7H,10H2,1-3H3;5-6H,1-4H3,(H,9,11). The number of ether oxygens (including phenoxy) is 2. The third kappa shape index (κ3) is 13.9. The molecule has 1 rings (SSSR count). The second-order valence-electron chi connectivity index (χ2n) is 7.71. The van der Waals surface area contributed by atoms with Gasteiger partial charge in [-0.15, -0.1) is 0 Å². The second kappa shape index (κ2) is 13.1. The van der Waals surface area contributed by atoms with Crippen LogP contribution in [0.1, 0.15) is 52.7 Å². The lowest BCUT2D eigenvalue weighted by Crippen LogP contribution is -2.38. The van der Waals surface area contributed by atoms with Gasteiger partial charge in [-0.3, -0.25) is 0 Å². The summed E-state index contributed by atoms with van der Waals surface area (Å²) in [6.45, 7) is 11.0. The largest absolute Gasteiger partial charge is 0.444 e. The molecule has 0 spiro atoms. The summed E-state index contributed by atoms with van der Waals surface area (Å²) in [7, 11) is 3.25. The number of benzene rings is 1. The first-order chi connectivity index (χ1) is 12.9. The van der Waals surface area contributed by atoms with Crippen LogP contribution in [-0.4, -0.2) is 36.7 Å². The van der Waals surface area contributed by atoms with Gasteiger partial charge in [0.25, 0.3) is 0 Å². The number of carbonyl (C=O) groups is 2. The molecule has 0 aliphatic heterocycles. The number of rotatable bonds is 5. The van der Waals surface area contributed by atoms with E-state index in [1.54, 1.807) is 34.8 Å². The number of carbonyl (C=O) groups excluding carboxylic acids is 2. The summed E-state index contributed by atoms with van der Waals surface area (Å²) >= 11 is 2.17. The molecule has 0 bridgehead atoms. The molecule has 1 aromatic rings. The van der Waals surface area contributed by atoms with Crippen molar-refractivity contribution in [2.24, 2.45) is 0 Å². The SMILES string of the molecule is CC(C=O)NC(=O)OC(C)(C)C.COC(C)(C)Cc1ccc(C#CSI)cc1. The average molecular weight is 519 g/mol. The molecule has 0 saturated carbocycles. The Balaban J connectivity index is 0.000000546. The van der Waals surface area contributed by atoms with Gasteiger partial charge in [0.15, 0.2) is 0 Å². The van der Waals surface area contributed by atoms with Gasteiger partial charge in [0, 0.05) is 40.3 Å². The predicted octanol–water partition coefficient (Wildman–Crippen LogP) is 5.14. The molecule has 0 aliphatic carbocycles. The normalized spacial score (nSPS) is 11.9. The van der Waals surface area contributed by atoms with Crippen LogP contribution in [0.4, 0.5) is 4.79 Å². The van der Waals surface area contributed by atoms with E-state index in [-0.39, 0.29) is 5.60 Å². The van der Waals surface area contributed by atoms with Gasteiger partial charge in [0.2, 0.25) is 0 Å². The first-order valence-electron chi connectivity index (χ1n) is 8.80. The van der Waals surface area contributed by atoms with E-state index in [1.807, 2.05) is 0 Å². The average Bonchev–Trinajstić information content (AvgIpc) is 2.59. The quantitative estimate of drug-likeness (QED) is 0.332. The number of alkyl carbamates (subject to hydrolysis) is 1. The van der Waals surface area contributed by atoms with E-state index >= 15 is 0 Å². The van der Waals surface area contributed by atoms with Gasteiger partial charge in [0.05, 0.1) is 11.6 Å². The molecule has 156 valence electrons. The molecule has 7 heteroatoms. The van der Waals surface area contributed by atoms with Crippen molar-refractivity contribution in [3.63, 3.8) is 0 Å². The first kappa shape index (κ1) is 26.8. The van der Waals surface area contributed by atoms with Crippen LogP contribution in [-0.2, 0) is 20.7 Å². The summed E-state index contributed by atoms with van der Waals surface area (Å²) in [5.74, 6) is 3.07. The number of amides is 1. The molecule has 1 amide bonds. The molecule has 0 aromatic heterocycles. The number of hydrogen-bond acceptors (Lipinski definition) is 5.